The molecule has 0 aliphatic rings. The van der Waals surface area contributed by atoms with Crippen molar-refractivity contribution < 1.29 is 42.7 Å². The fraction of sp³-hybridized carbons (Fsp3) is 0.769. The van der Waals surface area contributed by atoms with Crippen molar-refractivity contribution in [2.45, 2.75) is 25.5 Å². The number of carboxylic acid groups (broad SMARTS) is 2. The zero-order chi connectivity index (χ0) is 20.3. The molecule has 152 valence electrons. The van der Waals surface area contributed by atoms with Crippen LogP contribution in [0.5, 0.6) is 0 Å². The maximum atomic E-state index is 12.3. The third-order valence-electron chi connectivity index (χ3n) is 3.11. The number of aliphatic hydroxyl groups excluding tert-OH is 1. The molecule has 26 heavy (non-hydrogen) atoms. The number of nitrogens with one attached hydrogen (secondary N) is 2. The van der Waals surface area contributed by atoms with Gasteiger partial charge in [0.1, 0.15) is 0 Å². The van der Waals surface area contributed by atoms with Gasteiger partial charge in [0, 0.05) is 19.6 Å². The molecule has 0 aromatic heterocycles. The van der Waals surface area contributed by atoms with Crippen LogP contribution < -0.4 is 10.6 Å². The van der Waals surface area contributed by atoms with Crippen LogP contribution in [-0.4, -0.2) is 102 Å². The Morgan fingerprint density at radius 1 is 1.08 bits per heavy atom. The minimum Gasteiger partial charge on any atom is -0.480 e. The fourth-order valence-electron chi connectivity index (χ4n) is 2.07. The molecule has 0 rings (SSSR count). The highest BCUT2D eigenvalue weighted by Crippen LogP contribution is 2.07. The minimum absolute atomic E-state index is 0.0852. The van der Waals surface area contributed by atoms with Gasteiger partial charge in [0.15, 0.2) is 0 Å². The van der Waals surface area contributed by atoms with Crippen molar-refractivity contribution in [1.29, 1.82) is 0 Å². The number of carboxylic acids is 2. The predicted molar refractivity (Wildman–Crippen MR) is 89.2 cm³/mol. The van der Waals surface area contributed by atoms with Crippen LogP contribution in [0, 0.1) is 0 Å². The standard InChI is InChI=1S/C13H25N3O9S/c1-9(17)6-14-3-4-15-13(22)10(2-5-26(23,24)25)16(7-11(18)19)8-12(20)21/h9-10,14,17H,2-8H2,1H3,(H,15,22)(H,18,19)(H,20,21)(H,23,24,25). The number of rotatable bonds is 14. The lowest BCUT2D eigenvalue weighted by atomic mass is 10.1. The summed E-state index contributed by atoms with van der Waals surface area (Å²) in [5.74, 6) is -4.39. The van der Waals surface area contributed by atoms with Gasteiger partial charge in [0.25, 0.3) is 10.1 Å². The summed E-state index contributed by atoms with van der Waals surface area (Å²) >= 11 is 0. The van der Waals surface area contributed by atoms with E-state index < -0.39 is 65.4 Å². The number of carbonyl (C=O) groups is 3. The highest BCUT2D eigenvalue weighted by atomic mass is 32.2. The molecule has 0 saturated carbocycles. The Morgan fingerprint density at radius 2 is 1.62 bits per heavy atom. The van der Waals surface area contributed by atoms with Crippen molar-refractivity contribution in [3.8, 4) is 0 Å². The van der Waals surface area contributed by atoms with Crippen molar-refractivity contribution in [3.05, 3.63) is 0 Å². The molecule has 12 nitrogen and oxygen atoms in total. The summed E-state index contributed by atoms with van der Waals surface area (Å²) < 4.78 is 30.7. The van der Waals surface area contributed by atoms with Crippen molar-refractivity contribution in [2.75, 3.05) is 38.5 Å². The van der Waals surface area contributed by atoms with Crippen LogP contribution in [0.1, 0.15) is 13.3 Å². The molecule has 0 spiro atoms. The highest BCUT2D eigenvalue weighted by Gasteiger charge is 2.30. The Morgan fingerprint density at radius 3 is 2.04 bits per heavy atom. The molecule has 2 unspecified atom stereocenters. The third-order valence-corrected chi connectivity index (χ3v) is 3.86. The zero-order valence-electron chi connectivity index (χ0n) is 14.3. The van der Waals surface area contributed by atoms with Gasteiger partial charge in [0.05, 0.1) is 31.0 Å². The number of carbonyl (C=O) groups excluding carboxylic acids is 1. The normalized spacial score (nSPS) is 14.0. The molecular weight excluding hydrogens is 374 g/mol. The van der Waals surface area contributed by atoms with E-state index >= 15 is 0 Å². The number of aliphatic carboxylic acids is 2. The van der Waals surface area contributed by atoms with Crippen LogP contribution in [0.25, 0.3) is 0 Å². The first kappa shape index (κ1) is 24.2. The molecule has 2 atom stereocenters. The number of nitrogens with zero attached hydrogens (tertiary/aromatic N) is 1. The predicted octanol–water partition coefficient (Wildman–Crippen LogP) is -2.81. The molecule has 13 heteroatoms. The van der Waals surface area contributed by atoms with E-state index in [2.05, 4.69) is 10.6 Å². The van der Waals surface area contributed by atoms with Gasteiger partial charge in [-0.3, -0.25) is 23.8 Å². The Kier molecular flexibility index (Phi) is 10.9. The van der Waals surface area contributed by atoms with E-state index in [0.717, 1.165) is 4.90 Å². The largest absolute Gasteiger partial charge is 0.480 e. The summed E-state index contributed by atoms with van der Waals surface area (Å²) in [4.78, 5) is 34.9. The van der Waals surface area contributed by atoms with E-state index in [-0.39, 0.29) is 19.6 Å². The zero-order valence-corrected chi connectivity index (χ0v) is 15.1. The van der Waals surface area contributed by atoms with Gasteiger partial charge in [0.2, 0.25) is 5.91 Å². The smallest absolute Gasteiger partial charge is 0.317 e. The van der Waals surface area contributed by atoms with E-state index in [9.17, 15) is 22.8 Å². The SMILES string of the molecule is CC(O)CNCCNC(=O)C(CCS(=O)(=O)O)N(CC(=O)O)CC(=O)O. The van der Waals surface area contributed by atoms with Gasteiger partial charge in [-0.1, -0.05) is 0 Å². The first-order chi connectivity index (χ1) is 11.9. The summed E-state index contributed by atoms with van der Waals surface area (Å²) in [5.41, 5.74) is 0. The van der Waals surface area contributed by atoms with Crippen LogP contribution in [0.2, 0.25) is 0 Å². The van der Waals surface area contributed by atoms with Crippen molar-refractivity contribution in [2.24, 2.45) is 0 Å². The summed E-state index contributed by atoms with van der Waals surface area (Å²) in [6.07, 6.45) is -1.07. The molecule has 0 aromatic carbocycles. The number of hydrogen-bond donors (Lipinski definition) is 6. The maximum Gasteiger partial charge on any atom is 0.317 e. The lowest BCUT2D eigenvalue weighted by Crippen LogP contribution is -2.52. The van der Waals surface area contributed by atoms with E-state index in [0.29, 0.717) is 0 Å². The summed E-state index contributed by atoms with van der Waals surface area (Å²) in [6, 6.07) is -1.37. The Balaban J connectivity index is 5.00. The molecule has 0 aliphatic heterocycles. The second-order valence-corrected chi connectivity index (χ2v) is 7.20. The monoisotopic (exact) mass is 399 g/mol. The maximum absolute atomic E-state index is 12.3. The highest BCUT2D eigenvalue weighted by molar-refractivity contribution is 7.85. The van der Waals surface area contributed by atoms with E-state index in [1.807, 2.05) is 0 Å². The summed E-state index contributed by atoms with van der Waals surface area (Å²) in [5, 5.41) is 32.1. The topological polar surface area (TPSA) is 194 Å². The molecule has 0 radical (unpaired) electrons. The minimum atomic E-state index is -4.42. The van der Waals surface area contributed by atoms with Gasteiger partial charge in [-0.15, -0.1) is 0 Å². The molecule has 0 heterocycles. The molecular formula is C13H25N3O9S. The average molecular weight is 399 g/mol. The first-order valence-electron chi connectivity index (χ1n) is 7.71. The molecule has 0 aromatic rings. The first-order valence-corrected chi connectivity index (χ1v) is 9.32. The third kappa shape index (κ3) is 12.5. The van der Waals surface area contributed by atoms with Crippen molar-refractivity contribution in [1.82, 2.24) is 15.5 Å². The van der Waals surface area contributed by atoms with Crippen LogP contribution in [0.15, 0.2) is 0 Å². The Hall–Kier alpha value is -1.80. The van der Waals surface area contributed by atoms with Crippen LogP contribution in [0.4, 0.5) is 0 Å². The quantitative estimate of drug-likeness (QED) is 0.130. The van der Waals surface area contributed by atoms with Crippen LogP contribution >= 0.6 is 0 Å². The lowest BCUT2D eigenvalue weighted by molar-refractivity contribution is -0.144. The Bertz CT molecular complexity index is 563. The summed E-state index contributed by atoms with van der Waals surface area (Å²) in [7, 11) is -4.42. The molecule has 0 bridgehead atoms. The number of aliphatic hydroxyl groups is 1. The lowest BCUT2D eigenvalue weighted by Gasteiger charge is -2.27. The second kappa shape index (κ2) is 11.7. The van der Waals surface area contributed by atoms with E-state index in [1.54, 1.807) is 6.92 Å². The number of hydrogen-bond acceptors (Lipinski definition) is 8. The number of amides is 1. The summed E-state index contributed by atoms with van der Waals surface area (Å²) in [6.45, 7) is 0.618. The van der Waals surface area contributed by atoms with E-state index in [1.165, 1.54) is 0 Å². The second-order valence-electron chi connectivity index (χ2n) is 5.63. The molecule has 1 amide bonds. The Labute approximate surface area is 150 Å². The molecule has 6 N–H and O–H groups in total. The molecule has 0 aliphatic carbocycles. The fourth-order valence-corrected chi connectivity index (χ4v) is 2.59. The van der Waals surface area contributed by atoms with Gasteiger partial charge in [-0.25, -0.2) is 0 Å². The van der Waals surface area contributed by atoms with Gasteiger partial charge < -0.3 is 26.0 Å². The molecule has 0 fully saturated rings. The van der Waals surface area contributed by atoms with Crippen molar-refractivity contribution in [3.63, 3.8) is 0 Å². The van der Waals surface area contributed by atoms with Gasteiger partial charge in [-0.05, 0) is 13.3 Å². The average Bonchev–Trinajstić information content (AvgIpc) is 2.44. The van der Waals surface area contributed by atoms with E-state index in [4.69, 9.17) is 19.9 Å². The van der Waals surface area contributed by atoms with Gasteiger partial charge in [-0.2, -0.15) is 8.42 Å². The van der Waals surface area contributed by atoms with Crippen molar-refractivity contribution >= 4 is 28.0 Å². The molecule has 0 saturated heterocycles. The van der Waals surface area contributed by atoms with Crippen LogP contribution in [0.3, 0.4) is 0 Å². The van der Waals surface area contributed by atoms with Crippen LogP contribution in [-0.2, 0) is 24.5 Å². The van der Waals surface area contributed by atoms with Gasteiger partial charge >= 0.3 is 11.9 Å².